The number of carbonyl (C=O) groups excluding carboxylic acids is 1. The van der Waals surface area contributed by atoms with Crippen LogP contribution in [0, 0.1) is 5.92 Å². The standard InChI is InChI=1S/C20H23NO3S/c1-20(17-8-4-2-5-9-17,18-10-6-3-7-11-18)15-21-19(22)16-12-13-25(23,24)14-16/h2-11,16H,12-15H2,1H3,(H,21,22). The largest absolute Gasteiger partial charge is 0.355 e. The fourth-order valence-electron chi connectivity index (χ4n) is 3.39. The van der Waals surface area contributed by atoms with E-state index in [1.165, 1.54) is 0 Å². The third-order valence-electron chi connectivity index (χ3n) is 5.04. The summed E-state index contributed by atoms with van der Waals surface area (Å²) < 4.78 is 23.2. The highest BCUT2D eigenvalue weighted by atomic mass is 32.2. The van der Waals surface area contributed by atoms with Crippen molar-refractivity contribution in [3.63, 3.8) is 0 Å². The maximum absolute atomic E-state index is 12.5. The van der Waals surface area contributed by atoms with E-state index >= 15 is 0 Å². The van der Waals surface area contributed by atoms with E-state index in [4.69, 9.17) is 0 Å². The van der Waals surface area contributed by atoms with Gasteiger partial charge in [0.15, 0.2) is 9.84 Å². The lowest BCUT2D eigenvalue weighted by molar-refractivity contribution is -0.124. The number of amides is 1. The van der Waals surface area contributed by atoms with Gasteiger partial charge in [-0.15, -0.1) is 0 Å². The van der Waals surface area contributed by atoms with Crippen LogP contribution in [0.4, 0.5) is 0 Å². The summed E-state index contributed by atoms with van der Waals surface area (Å²) >= 11 is 0. The minimum Gasteiger partial charge on any atom is -0.355 e. The number of carbonyl (C=O) groups is 1. The van der Waals surface area contributed by atoms with Gasteiger partial charge in [-0.1, -0.05) is 60.7 Å². The van der Waals surface area contributed by atoms with Crippen molar-refractivity contribution >= 4 is 15.7 Å². The molecule has 132 valence electrons. The van der Waals surface area contributed by atoms with Crippen molar-refractivity contribution in [3.05, 3.63) is 71.8 Å². The maximum Gasteiger partial charge on any atom is 0.224 e. The monoisotopic (exact) mass is 357 g/mol. The van der Waals surface area contributed by atoms with Gasteiger partial charge >= 0.3 is 0 Å². The van der Waals surface area contributed by atoms with Gasteiger partial charge in [-0.05, 0) is 24.5 Å². The van der Waals surface area contributed by atoms with Crippen LogP contribution in [-0.4, -0.2) is 32.4 Å². The summed E-state index contributed by atoms with van der Waals surface area (Å²) in [5.41, 5.74) is 1.84. The summed E-state index contributed by atoms with van der Waals surface area (Å²) in [7, 11) is -3.06. The minimum atomic E-state index is -3.06. The van der Waals surface area contributed by atoms with Crippen LogP contribution in [0.2, 0.25) is 0 Å². The van der Waals surface area contributed by atoms with Crippen LogP contribution in [0.5, 0.6) is 0 Å². The van der Waals surface area contributed by atoms with E-state index in [2.05, 4.69) is 36.5 Å². The normalized spacial score (nSPS) is 19.5. The molecule has 1 aliphatic heterocycles. The van der Waals surface area contributed by atoms with Crippen molar-refractivity contribution in [2.45, 2.75) is 18.8 Å². The van der Waals surface area contributed by atoms with Crippen LogP contribution in [-0.2, 0) is 20.0 Å². The molecule has 1 N–H and O–H groups in total. The van der Waals surface area contributed by atoms with Crippen LogP contribution >= 0.6 is 0 Å². The fraction of sp³-hybridized carbons (Fsp3) is 0.350. The van der Waals surface area contributed by atoms with Crippen LogP contribution in [0.3, 0.4) is 0 Å². The Hall–Kier alpha value is -2.14. The van der Waals surface area contributed by atoms with E-state index in [1.54, 1.807) is 0 Å². The van der Waals surface area contributed by atoms with Gasteiger partial charge in [-0.25, -0.2) is 8.42 Å². The first-order valence-corrected chi connectivity index (χ1v) is 10.3. The van der Waals surface area contributed by atoms with Crippen molar-refractivity contribution in [2.24, 2.45) is 5.92 Å². The molecular formula is C20H23NO3S. The summed E-state index contributed by atoms with van der Waals surface area (Å²) in [4.78, 5) is 12.5. The molecule has 1 aliphatic rings. The number of sulfone groups is 1. The lowest BCUT2D eigenvalue weighted by atomic mass is 9.76. The number of rotatable bonds is 5. The SMILES string of the molecule is CC(CNC(=O)C1CCS(=O)(=O)C1)(c1ccccc1)c1ccccc1. The topological polar surface area (TPSA) is 63.2 Å². The van der Waals surface area contributed by atoms with E-state index in [0.717, 1.165) is 11.1 Å². The Bertz CT molecular complexity index is 792. The molecule has 3 rings (SSSR count). The third kappa shape index (κ3) is 3.93. The second-order valence-corrected chi connectivity index (χ2v) is 9.11. The molecule has 0 aliphatic carbocycles. The van der Waals surface area contributed by atoms with Crippen LogP contribution in [0.1, 0.15) is 24.5 Å². The van der Waals surface area contributed by atoms with E-state index in [0.29, 0.717) is 13.0 Å². The average molecular weight is 357 g/mol. The summed E-state index contributed by atoms with van der Waals surface area (Å²) in [6.07, 6.45) is 0.418. The molecule has 1 atom stereocenters. The van der Waals surface area contributed by atoms with Gasteiger partial charge in [0.25, 0.3) is 0 Å². The molecule has 1 saturated heterocycles. The van der Waals surface area contributed by atoms with Crippen molar-refractivity contribution < 1.29 is 13.2 Å². The Balaban J connectivity index is 1.81. The van der Waals surface area contributed by atoms with Crippen molar-refractivity contribution in [1.82, 2.24) is 5.32 Å². The zero-order valence-electron chi connectivity index (χ0n) is 14.3. The number of hydrogen-bond donors (Lipinski definition) is 1. The highest BCUT2D eigenvalue weighted by Crippen LogP contribution is 2.31. The Labute approximate surface area is 149 Å². The maximum atomic E-state index is 12.5. The highest BCUT2D eigenvalue weighted by Gasteiger charge is 2.35. The molecule has 1 amide bonds. The quantitative estimate of drug-likeness (QED) is 0.894. The molecule has 0 saturated carbocycles. The van der Waals surface area contributed by atoms with E-state index in [9.17, 15) is 13.2 Å². The second kappa shape index (κ2) is 7.00. The summed E-state index contributed by atoms with van der Waals surface area (Å²) in [6.45, 7) is 2.53. The number of benzene rings is 2. The van der Waals surface area contributed by atoms with Gasteiger partial charge in [-0.3, -0.25) is 4.79 Å². The first-order valence-electron chi connectivity index (χ1n) is 8.50. The van der Waals surface area contributed by atoms with Gasteiger partial charge < -0.3 is 5.32 Å². The first-order chi connectivity index (χ1) is 11.9. The number of hydrogen-bond acceptors (Lipinski definition) is 3. The predicted octanol–water partition coefficient (Wildman–Crippen LogP) is 2.54. The smallest absolute Gasteiger partial charge is 0.224 e. The molecule has 1 fully saturated rings. The van der Waals surface area contributed by atoms with Gasteiger partial charge in [0.1, 0.15) is 0 Å². The van der Waals surface area contributed by atoms with Crippen molar-refractivity contribution in [1.29, 1.82) is 0 Å². The molecule has 1 unspecified atom stereocenters. The lowest BCUT2D eigenvalue weighted by Crippen LogP contribution is -2.42. The fourth-order valence-corrected chi connectivity index (χ4v) is 5.13. The third-order valence-corrected chi connectivity index (χ3v) is 6.81. The zero-order chi connectivity index (χ0) is 17.9. The first kappa shape index (κ1) is 17.7. The molecule has 0 radical (unpaired) electrons. The molecule has 4 nitrogen and oxygen atoms in total. The summed E-state index contributed by atoms with van der Waals surface area (Å²) in [5.74, 6) is -0.522. The Morgan fingerprint density at radius 3 is 2.00 bits per heavy atom. The highest BCUT2D eigenvalue weighted by molar-refractivity contribution is 7.91. The summed E-state index contributed by atoms with van der Waals surface area (Å²) in [6, 6.07) is 20.1. The van der Waals surface area contributed by atoms with Crippen LogP contribution in [0.15, 0.2) is 60.7 Å². The molecule has 0 bridgehead atoms. The van der Waals surface area contributed by atoms with Crippen LogP contribution in [0.25, 0.3) is 0 Å². The molecular weight excluding hydrogens is 334 g/mol. The predicted molar refractivity (Wildman–Crippen MR) is 99.1 cm³/mol. The van der Waals surface area contributed by atoms with E-state index in [-0.39, 0.29) is 22.8 Å². The van der Waals surface area contributed by atoms with Gasteiger partial charge in [0, 0.05) is 12.0 Å². The number of nitrogens with one attached hydrogen (secondary N) is 1. The molecule has 0 spiro atoms. The van der Waals surface area contributed by atoms with Gasteiger partial charge in [0.2, 0.25) is 5.91 Å². The minimum absolute atomic E-state index is 0.0355. The van der Waals surface area contributed by atoms with E-state index < -0.39 is 15.8 Å². The molecule has 0 aromatic heterocycles. The molecule has 25 heavy (non-hydrogen) atoms. The second-order valence-electron chi connectivity index (χ2n) is 6.88. The van der Waals surface area contributed by atoms with Crippen molar-refractivity contribution in [3.8, 4) is 0 Å². The Morgan fingerprint density at radius 2 is 1.56 bits per heavy atom. The van der Waals surface area contributed by atoms with E-state index in [1.807, 2.05) is 36.4 Å². The molecule has 2 aromatic carbocycles. The molecule has 2 aromatic rings. The van der Waals surface area contributed by atoms with Crippen LogP contribution < -0.4 is 5.32 Å². The van der Waals surface area contributed by atoms with Gasteiger partial charge in [-0.2, -0.15) is 0 Å². The van der Waals surface area contributed by atoms with Gasteiger partial charge in [0.05, 0.1) is 17.4 Å². The molecule has 1 heterocycles. The Morgan fingerprint density at radius 1 is 1.04 bits per heavy atom. The molecule has 5 heteroatoms. The average Bonchev–Trinajstić information content (AvgIpc) is 3.01. The lowest BCUT2D eigenvalue weighted by Gasteiger charge is -2.31. The summed E-state index contributed by atoms with van der Waals surface area (Å²) in [5, 5.41) is 3.00. The zero-order valence-corrected chi connectivity index (χ0v) is 15.1. The van der Waals surface area contributed by atoms with Crippen molar-refractivity contribution in [2.75, 3.05) is 18.1 Å². The Kier molecular flexibility index (Phi) is 4.95.